The molecule has 0 amide bonds. The summed E-state index contributed by atoms with van der Waals surface area (Å²) in [5, 5.41) is 2.14. The maximum atomic E-state index is 5.95. The highest BCUT2D eigenvalue weighted by Gasteiger charge is 2.18. The predicted octanol–water partition coefficient (Wildman–Crippen LogP) is 3.07. The van der Waals surface area contributed by atoms with E-state index in [1.807, 2.05) is 6.07 Å². The van der Waals surface area contributed by atoms with E-state index in [2.05, 4.69) is 30.5 Å². The van der Waals surface area contributed by atoms with Crippen LogP contribution in [-0.4, -0.2) is 13.3 Å². The standard InChI is InChI=1S/C15H17NO2S/c1-10-4-5-19-15(10)7-12(8-16)11-2-3-13-14(6-11)18-9-17-13/h2-6,12H,7-9,16H2,1H3. The molecule has 1 aromatic heterocycles. The van der Waals surface area contributed by atoms with Gasteiger partial charge in [-0.05, 0) is 54.6 Å². The third-order valence-electron chi connectivity index (χ3n) is 3.55. The molecule has 0 spiro atoms. The van der Waals surface area contributed by atoms with Gasteiger partial charge >= 0.3 is 0 Å². The van der Waals surface area contributed by atoms with Crippen molar-refractivity contribution in [2.75, 3.05) is 13.3 Å². The largest absolute Gasteiger partial charge is 0.454 e. The van der Waals surface area contributed by atoms with Crippen LogP contribution in [0.3, 0.4) is 0 Å². The molecule has 0 saturated heterocycles. The average Bonchev–Trinajstić information content (AvgIpc) is 3.04. The molecule has 1 aliphatic heterocycles. The summed E-state index contributed by atoms with van der Waals surface area (Å²) < 4.78 is 10.8. The lowest BCUT2D eigenvalue weighted by atomic mass is 9.94. The van der Waals surface area contributed by atoms with Crippen molar-refractivity contribution in [2.45, 2.75) is 19.3 Å². The fourth-order valence-electron chi connectivity index (χ4n) is 2.34. The van der Waals surface area contributed by atoms with Crippen LogP contribution in [0.4, 0.5) is 0 Å². The minimum atomic E-state index is 0.316. The van der Waals surface area contributed by atoms with Crippen molar-refractivity contribution in [3.8, 4) is 11.5 Å². The molecule has 3 rings (SSSR count). The van der Waals surface area contributed by atoms with Gasteiger partial charge in [0.1, 0.15) is 0 Å². The molecule has 19 heavy (non-hydrogen) atoms. The molecule has 2 aromatic rings. The molecule has 0 bridgehead atoms. The summed E-state index contributed by atoms with van der Waals surface area (Å²) >= 11 is 1.80. The Morgan fingerprint density at radius 3 is 2.84 bits per heavy atom. The van der Waals surface area contributed by atoms with Crippen LogP contribution >= 0.6 is 11.3 Å². The van der Waals surface area contributed by atoms with Gasteiger partial charge in [-0.3, -0.25) is 0 Å². The summed E-state index contributed by atoms with van der Waals surface area (Å²) in [7, 11) is 0. The molecule has 1 atom stereocenters. The molecule has 2 heterocycles. The van der Waals surface area contributed by atoms with Crippen LogP contribution in [-0.2, 0) is 6.42 Å². The van der Waals surface area contributed by atoms with Crippen LogP contribution in [0, 0.1) is 6.92 Å². The van der Waals surface area contributed by atoms with Crippen molar-refractivity contribution < 1.29 is 9.47 Å². The zero-order valence-electron chi connectivity index (χ0n) is 10.9. The zero-order valence-corrected chi connectivity index (χ0v) is 11.7. The molecular weight excluding hydrogens is 258 g/mol. The van der Waals surface area contributed by atoms with Gasteiger partial charge in [-0.15, -0.1) is 11.3 Å². The molecule has 1 unspecified atom stereocenters. The second-order valence-corrected chi connectivity index (χ2v) is 5.78. The van der Waals surface area contributed by atoms with Crippen molar-refractivity contribution in [1.29, 1.82) is 0 Å². The Morgan fingerprint density at radius 2 is 2.11 bits per heavy atom. The number of rotatable bonds is 4. The first-order valence-electron chi connectivity index (χ1n) is 6.40. The Labute approximate surface area is 117 Å². The average molecular weight is 275 g/mol. The zero-order chi connectivity index (χ0) is 13.2. The monoisotopic (exact) mass is 275 g/mol. The summed E-state index contributed by atoms with van der Waals surface area (Å²) in [4.78, 5) is 1.41. The molecule has 1 aromatic carbocycles. The van der Waals surface area contributed by atoms with Crippen LogP contribution in [0.15, 0.2) is 29.6 Å². The highest BCUT2D eigenvalue weighted by Crippen LogP contribution is 2.35. The smallest absolute Gasteiger partial charge is 0.231 e. The number of hydrogen-bond acceptors (Lipinski definition) is 4. The first-order chi connectivity index (χ1) is 9.28. The molecule has 0 aliphatic carbocycles. The fourth-order valence-corrected chi connectivity index (χ4v) is 3.33. The van der Waals surface area contributed by atoms with Gasteiger partial charge in [0.2, 0.25) is 6.79 Å². The number of thiophene rings is 1. The van der Waals surface area contributed by atoms with Crippen LogP contribution < -0.4 is 15.2 Å². The van der Waals surface area contributed by atoms with Gasteiger partial charge in [-0.1, -0.05) is 6.07 Å². The second-order valence-electron chi connectivity index (χ2n) is 4.78. The first kappa shape index (κ1) is 12.5. The summed E-state index contributed by atoms with van der Waals surface area (Å²) in [5.41, 5.74) is 8.52. The van der Waals surface area contributed by atoms with Gasteiger partial charge in [0.25, 0.3) is 0 Å². The van der Waals surface area contributed by atoms with Gasteiger partial charge in [-0.25, -0.2) is 0 Å². The number of benzene rings is 1. The maximum absolute atomic E-state index is 5.95. The van der Waals surface area contributed by atoms with E-state index >= 15 is 0 Å². The number of hydrogen-bond donors (Lipinski definition) is 1. The van der Waals surface area contributed by atoms with Crippen LogP contribution in [0.25, 0.3) is 0 Å². The highest BCUT2D eigenvalue weighted by molar-refractivity contribution is 7.10. The summed E-state index contributed by atoms with van der Waals surface area (Å²) in [5.74, 6) is 1.98. The second kappa shape index (κ2) is 5.23. The third kappa shape index (κ3) is 2.46. The SMILES string of the molecule is Cc1ccsc1CC(CN)c1ccc2c(c1)OCO2. The van der Waals surface area contributed by atoms with E-state index in [1.165, 1.54) is 16.0 Å². The van der Waals surface area contributed by atoms with E-state index < -0.39 is 0 Å². The normalized spacial score (nSPS) is 14.6. The van der Waals surface area contributed by atoms with Gasteiger partial charge in [0, 0.05) is 10.8 Å². The molecule has 0 radical (unpaired) electrons. The molecule has 3 nitrogen and oxygen atoms in total. The molecule has 1 aliphatic rings. The van der Waals surface area contributed by atoms with E-state index in [0.29, 0.717) is 19.3 Å². The predicted molar refractivity (Wildman–Crippen MR) is 77.1 cm³/mol. The lowest BCUT2D eigenvalue weighted by molar-refractivity contribution is 0.174. The van der Waals surface area contributed by atoms with Crippen molar-refractivity contribution in [1.82, 2.24) is 0 Å². The van der Waals surface area contributed by atoms with Crippen molar-refractivity contribution >= 4 is 11.3 Å². The minimum Gasteiger partial charge on any atom is -0.454 e. The topological polar surface area (TPSA) is 44.5 Å². The van der Waals surface area contributed by atoms with Gasteiger partial charge in [0.15, 0.2) is 11.5 Å². The third-order valence-corrected chi connectivity index (χ3v) is 4.60. The maximum Gasteiger partial charge on any atom is 0.231 e. The highest BCUT2D eigenvalue weighted by atomic mass is 32.1. The van der Waals surface area contributed by atoms with E-state index in [4.69, 9.17) is 15.2 Å². The van der Waals surface area contributed by atoms with Crippen molar-refractivity contribution in [3.63, 3.8) is 0 Å². The number of fused-ring (bicyclic) bond motifs is 1. The lowest BCUT2D eigenvalue weighted by Crippen LogP contribution is -2.14. The fraction of sp³-hybridized carbons (Fsp3) is 0.333. The molecule has 4 heteroatoms. The molecule has 0 saturated carbocycles. The molecule has 100 valence electrons. The van der Waals surface area contributed by atoms with Gasteiger partial charge in [-0.2, -0.15) is 0 Å². The van der Waals surface area contributed by atoms with Crippen molar-refractivity contribution in [3.05, 3.63) is 45.6 Å². The molecular formula is C15H17NO2S. The molecule has 2 N–H and O–H groups in total. The van der Waals surface area contributed by atoms with Crippen LogP contribution in [0.2, 0.25) is 0 Å². The summed E-state index contributed by atoms with van der Waals surface area (Å²) in [6, 6.07) is 8.28. The first-order valence-corrected chi connectivity index (χ1v) is 7.28. The Balaban J connectivity index is 1.84. The Morgan fingerprint density at radius 1 is 1.26 bits per heavy atom. The molecule has 0 fully saturated rings. The number of ether oxygens (including phenoxy) is 2. The quantitative estimate of drug-likeness (QED) is 0.932. The van der Waals surface area contributed by atoms with E-state index in [-0.39, 0.29) is 0 Å². The summed E-state index contributed by atoms with van der Waals surface area (Å²) in [6.45, 7) is 3.10. The van der Waals surface area contributed by atoms with Crippen molar-refractivity contribution in [2.24, 2.45) is 5.73 Å². The Kier molecular flexibility index (Phi) is 3.44. The number of aryl methyl sites for hydroxylation is 1. The Bertz CT molecular complexity index is 579. The van der Waals surface area contributed by atoms with Crippen LogP contribution in [0.1, 0.15) is 21.9 Å². The van der Waals surface area contributed by atoms with Crippen LogP contribution in [0.5, 0.6) is 11.5 Å². The minimum absolute atomic E-state index is 0.316. The number of nitrogens with two attached hydrogens (primary N) is 1. The van der Waals surface area contributed by atoms with E-state index in [0.717, 1.165) is 17.9 Å². The Hall–Kier alpha value is -1.52. The van der Waals surface area contributed by atoms with E-state index in [1.54, 1.807) is 11.3 Å². The van der Waals surface area contributed by atoms with Gasteiger partial charge < -0.3 is 15.2 Å². The van der Waals surface area contributed by atoms with Gasteiger partial charge in [0.05, 0.1) is 0 Å². The summed E-state index contributed by atoms with van der Waals surface area (Å²) in [6.07, 6.45) is 0.986. The lowest BCUT2D eigenvalue weighted by Gasteiger charge is -2.15. The van der Waals surface area contributed by atoms with E-state index in [9.17, 15) is 0 Å².